The maximum atomic E-state index is 3.69. The smallest absolute Gasteiger partial charge is 0.0248 e. The van der Waals surface area contributed by atoms with Crippen molar-refractivity contribution in [2.45, 2.75) is 58.0 Å². The van der Waals surface area contributed by atoms with Crippen molar-refractivity contribution in [3.63, 3.8) is 0 Å². The van der Waals surface area contributed by atoms with E-state index in [-0.39, 0.29) is 0 Å². The molecular formula is C14H28N2. The Morgan fingerprint density at radius 2 is 1.94 bits per heavy atom. The van der Waals surface area contributed by atoms with E-state index in [0.717, 1.165) is 30.5 Å². The van der Waals surface area contributed by atoms with Crippen LogP contribution >= 0.6 is 0 Å². The number of likely N-dealkylation sites (N-methyl/N-ethyl adjacent to an activating group) is 2. The fraction of sp³-hybridized carbons (Fsp3) is 1.00. The zero-order valence-electron chi connectivity index (χ0n) is 11.2. The van der Waals surface area contributed by atoms with Gasteiger partial charge in [0, 0.05) is 18.6 Å². The van der Waals surface area contributed by atoms with Crippen molar-refractivity contribution in [2.75, 3.05) is 20.1 Å². The molecule has 0 aromatic rings. The lowest BCUT2D eigenvalue weighted by Gasteiger charge is -2.41. The van der Waals surface area contributed by atoms with Gasteiger partial charge in [0.15, 0.2) is 0 Å². The highest BCUT2D eigenvalue weighted by Gasteiger charge is 2.33. The molecule has 0 heterocycles. The standard InChI is InChI=1S/C14H28N2/c1-4-15-13-8-5-11(2)9-14(13)16(3)10-12-6-7-12/h11-15H,4-10H2,1-3H3. The summed E-state index contributed by atoms with van der Waals surface area (Å²) >= 11 is 0. The summed E-state index contributed by atoms with van der Waals surface area (Å²) in [6, 6.07) is 1.52. The highest BCUT2D eigenvalue weighted by Crippen LogP contribution is 2.33. The van der Waals surface area contributed by atoms with E-state index in [1.54, 1.807) is 0 Å². The molecule has 0 aromatic heterocycles. The lowest BCUT2D eigenvalue weighted by atomic mass is 9.82. The van der Waals surface area contributed by atoms with Gasteiger partial charge in [-0.15, -0.1) is 0 Å². The first kappa shape index (κ1) is 12.4. The lowest BCUT2D eigenvalue weighted by Crippen LogP contribution is -2.52. The van der Waals surface area contributed by atoms with Gasteiger partial charge >= 0.3 is 0 Å². The molecule has 0 aliphatic heterocycles. The lowest BCUT2D eigenvalue weighted by molar-refractivity contribution is 0.121. The average Bonchev–Trinajstić information content (AvgIpc) is 3.05. The maximum Gasteiger partial charge on any atom is 0.0248 e. The molecule has 0 radical (unpaired) electrons. The Morgan fingerprint density at radius 3 is 2.56 bits per heavy atom. The Morgan fingerprint density at radius 1 is 1.19 bits per heavy atom. The minimum absolute atomic E-state index is 0.741. The van der Waals surface area contributed by atoms with Gasteiger partial charge in [0.2, 0.25) is 0 Å². The first-order valence-corrected chi connectivity index (χ1v) is 7.14. The normalized spacial score (nSPS) is 35.6. The van der Waals surface area contributed by atoms with Crippen LogP contribution in [0.5, 0.6) is 0 Å². The fourth-order valence-corrected chi connectivity index (χ4v) is 3.18. The van der Waals surface area contributed by atoms with E-state index < -0.39 is 0 Å². The molecule has 0 spiro atoms. The Balaban J connectivity index is 1.89. The van der Waals surface area contributed by atoms with Gasteiger partial charge < -0.3 is 10.2 Å². The van der Waals surface area contributed by atoms with Crippen molar-refractivity contribution < 1.29 is 0 Å². The summed E-state index contributed by atoms with van der Waals surface area (Å²) in [4.78, 5) is 2.64. The van der Waals surface area contributed by atoms with Crippen LogP contribution in [0.4, 0.5) is 0 Å². The molecule has 3 unspecified atom stereocenters. The topological polar surface area (TPSA) is 15.3 Å². The second-order valence-electron chi connectivity index (χ2n) is 6.03. The minimum Gasteiger partial charge on any atom is -0.313 e. The van der Waals surface area contributed by atoms with Gasteiger partial charge in [0.1, 0.15) is 0 Å². The first-order valence-electron chi connectivity index (χ1n) is 7.14. The highest BCUT2D eigenvalue weighted by atomic mass is 15.2. The van der Waals surface area contributed by atoms with Crippen molar-refractivity contribution in [2.24, 2.45) is 11.8 Å². The van der Waals surface area contributed by atoms with E-state index in [1.807, 2.05) is 0 Å². The van der Waals surface area contributed by atoms with Gasteiger partial charge in [0.25, 0.3) is 0 Å². The summed E-state index contributed by atoms with van der Waals surface area (Å²) in [5, 5.41) is 3.69. The molecule has 2 rings (SSSR count). The Kier molecular flexibility index (Phi) is 4.26. The van der Waals surface area contributed by atoms with Gasteiger partial charge in [-0.3, -0.25) is 0 Å². The van der Waals surface area contributed by atoms with E-state index in [0.29, 0.717) is 0 Å². The van der Waals surface area contributed by atoms with Crippen molar-refractivity contribution in [3.05, 3.63) is 0 Å². The Bertz CT molecular complexity index is 213. The number of hydrogen-bond acceptors (Lipinski definition) is 2. The molecule has 0 amide bonds. The average molecular weight is 224 g/mol. The third-order valence-corrected chi connectivity index (χ3v) is 4.35. The number of nitrogens with one attached hydrogen (secondary N) is 1. The second kappa shape index (κ2) is 5.50. The van der Waals surface area contributed by atoms with E-state index in [4.69, 9.17) is 0 Å². The molecule has 0 bridgehead atoms. The van der Waals surface area contributed by atoms with E-state index >= 15 is 0 Å². The van der Waals surface area contributed by atoms with Crippen LogP contribution in [0.1, 0.15) is 46.0 Å². The van der Waals surface area contributed by atoms with Crippen LogP contribution in [0.3, 0.4) is 0 Å². The number of rotatable bonds is 5. The predicted octanol–water partition coefficient (Wildman–Crippen LogP) is 2.49. The van der Waals surface area contributed by atoms with Crippen LogP contribution in [-0.2, 0) is 0 Å². The fourth-order valence-electron chi connectivity index (χ4n) is 3.18. The van der Waals surface area contributed by atoms with E-state index in [9.17, 15) is 0 Å². The van der Waals surface area contributed by atoms with Crippen molar-refractivity contribution in [1.82, 2.24) is 10.2 Å². The maximum absolute atomic E-state index is 3.69. The largest absolute Gasteiger partial charge is 0.313 e. The highest BCUT2D eigenvalue weighted by molar-refractivity contribution is 4.90. The van der Waals surface area contributed by atoms with Gasteiger partial charge in [-0.1, -0.05) is 13.8 Å². The first-order chi connectivity index (χ1) is 7.70. The summed E-state index contributed by atoms with van der Waals surface area (Å²) < 4.78 is 0. The molecule has 2 fully saturated rings. The third-order valence-electron chi connectivity index (χ3n) is 4.35. The van der Waals surface area contributed by atoms with Crippen LogP contribution < -0.4 is 5.32 Å². The molecule has 0 aromatic carbocycles. The summed E-state index contributed by atoms with van der Waals surface area (Å²) in [5.41, 5.74) is 0. The van der Waals surface area contributed by atoms with E-state index in [2.05, 4.69) is 31.1 Å². The minimum atomic E-state index is 0.741. The summed E-state index contributed by atoms with van der Waals surface area (Å²) in [6.07, 6.45) is 7.11. The molecule has 3 atom stereocenters. The zero-order chi connectivity index (χ0) is 11.5. The van der Waals surface area contributed by atoms with Gasteiger partial charge in [0.05, 0.1) is 0 Å². The number of nitrogens with zero attached hydrogens (tertiary/aromatic N) is 1. The third kappa shape index (κ3) is 3.21. The Labute approximate surface area is 101 Å². The molecule has 0 saturated heterocycles. The van der Waals surface area contributed by atoms with Gasteiger partial charge in [-0.25, -0.2) is 0 Å². The Hall–Kier alpha value is -0.0800. The SMILES string of the molecule is CCNC1CCC(C)CC1N(C)CC1CC1. The molecule has 2 heteroatoms. The number of hydrogen-bond donors (Lipinski definition) is 1. The molecule has 1 N–H and O–H groups in total. The van der Waals surface area contributed by atoms with Crippen LogP contribution in [-0.4, -0.2) is 37.1 Å². The second-order valence-corrected chi connectivity index (χ2v) is 6.03. The predicted molar refractivity (Wildman–Crippen MR) is 69.6 cm³/mol. The van der Waals surface area contributed by atoms with Crippen molar-refractivity contribution in [3.8, 4) is 0 Å². The summed E-state index contributed by atoms with van der Waals surface area (Å²) in [5.74, 6) is 1.94. The molecule has 2 aliphatic carbocycles. The van der Waals surface area contributed by atoms with Crippen LogP contribution in [0, 0.1) is 11.8 Å². The van der Waals surface area contributed by atoms with E-state index in [1.165, 1.54) is 38.6 Å². The van der Waals surface area contributed by atoms with Crippen LogP contribution in [0.2, 0.25) is 0 Å². The molecule has 94 valence electrons. The molecule has 2 aliphatic rings. The van der Waals surface area contributed by atoms with Gasteiger partial charge in [-0.2, -0.15) is 0 Å². The van der Waals surface area contributed by atoms with Gasteiger partial charge in [-0.05, 0) is 57.5 Å². The quantitative estimate of drug-likeness (QED) is 0.772. The summed E-state index contributed by atoms with van der Waals surface area (Å²) in [6.45, 7) is 7.10. The van der Waals surface area contributed by atoms with Crippen LogP contribution in [0.25, 0.3) is 0 Å². The molecule has 16 heavy (non-hydrogen) atoms. The molecular weight excluding hydrogens is 196 g/mol. The molecule has 2 nitrogen and oxygen atoms in total. The molecule has 2 saturated carbocycles. The zero-order valence-corrected chi connectivity index (χ0v) is 11.2. The van der Waals surface area contributed by atoms with Crippen molar-refractivity contribution in [1.29, 1.82) is 0 Å². The monoisotopic (exact) mass is 224 g/mol. The van der Waals surface area contributed by atoms with Crippen LogP contribution in [0.15, 0.2) is 0 Å². The van der Waals surface area contributed by atoms with Crippen molar-refractivity contribution >= 4 is 0 Å². The summed E-state index contributed by atoms with van der Waals surface area (Å²) in [7, 11) is 2.34.